The van der Waals surface area contributed by atoms with E-state index in [-0.39, 0.29) is 5.92 Å². The van der Waals surface area contributed by atoms with Gasteiger partial charge in [-0.25, -0.2) is 0 Å². The third-order valence-corrected chi connectivity index (χ3v) is 2.82. The fourth-order valence-electron chi connectivity index (χ4n) is 1.71. The third-order valence-electron chi connectivity index (χ3n) is 2.82. The molecule has 1 aliphatic heterocycles. The standard InChI is InChI=1S/C11H19NO2/c1-3-12-6-4-10(5-7-12)8-9(2)11(13)14/h4,9H,3,5-8H2,1-2H3,(H,13,14). The van der Waals surface area contributed by atoms with E-state index in [1.165, 1.54) is 5.57 Å². The summed E-state index contributed by atoms with van der Waals surface area (Å²) in [5.41, 5.74) is 1.31. The van der Waals surface area contributed by atoms with Crippen molar-refractivity contribution in [1.82, 2.24) is 4.90 Å². The van der Waals surface area contributed by atoms with Crippen LogP contribution >= 0.6 is 0 Å². The molecule has 1 rings (SSSR count). The predicted molar refractivity (Wildman–Crippen MR) is 56.2 cm³/mol. The molecule has 1 atom stereocenters. The third kappa shape index (κ3) is 3.14. The Balaban J connectivity index is 2.40. The maximum Gasteiger partial charge on any atom is 0.306 e. The average molecular weight is 197 g/mol. The molecule has 1 N–H and O–H groups in total. The van der Waals surface area contributed by atoms with E-state index >= 15 is 0 Å². The van der Waals surface area contributed by atoms with Gasteiger partial charge in [-0.1, -0.05) is 25.5 Å². The van der Waals surface area contributed by atoms with Crippen LogP contribution in [-0.4, -0.2) is 35.6 Å². The second kappa shape index (κ2) is 5.15. The Morgan fingerprint density at radius 2 is 2.43 bits per heavy atom. The van der Waals surface area contributed by atoms with Gasteiger partial charge in [0.15, 0.2) is 0 Å². The molecule has 0 aromatic carbocycles. The molecule has 0 fully saturated rings. The highest BCUT2D eigenvalue weighted by Gasteiger charge is 2.16. The molecule has 3 heteroatoms. The van der Waals surface area contributed by atoms with Gasteiger partial charge >= 0.3 is 5.97 Å². The fraction of sp³-hybridized carbons (Fsp3) is 0.727. The van der Waals surface area contributed by atoms with E-state index in [0.717, 1.165) is 26.1 Å². The van der Waals surface area contributed by atoms with Crippen molar-refractivity contribution in [3.63, 3.8) is 0 Å². The van der Waals surface area contributed by atoms with Crippen LogP contribution < -0.4 is 0 Å². The molecule has 1 heterocycles. The van der Waals surface area contributed by atoms with Crippen LogP contribution in [0.2, 0.25) is 0 Å². The number of carboxylic acid groups (broad SMARTS) is 1. The van der Waals surface area contributed by atoms with Crippen LogP contribution in [0.25, 0.3) is 0 Å². The molecule has 80 valence electrons. The zero-order chi connectivity index (χ0) is 10.6. The van der Waals surface area contributed by atoms with Crippen LogP contribution in [0.3, 0.4) is 0 Å². The largest absolute Gasteiger partial charge is 0.481 e. The van der Waals surface area contributed by atoms with Crippen LogP contribution in [0.15, 0.2) is 11.6 Å². The van der Waals surface area contributed by atoms with E-state index in [1.54, 1.807) is 6.92 Å². The summed E-state index contributed by atoms with van der Waals surface area (Å²) in [6, 6.07) is 0. The molecule has 0 aliphatic carbocycles. The highest BCUT2D eigenvalue weighted by molar-refractivity contribution is 5.69. The quantitative estimate of drug-likeness (QED) is 0.698. The summed E-state index contributed by atoms with van der Waals surface area (Å²) in [6.07, 6.45) is 3.94. The minimum absolute atomic E-state index is 0.241. The number of hydrogen-bond acceptors (Lipinski definition) is 2. The van der Waals surface area contributed by atoms with E-state index in [0.29, 0.717) is 6.42 Å². The van der Waals surface area contributed by atoms with Gasteiger partial charge in [-0.15, -0.1) is 0 Å². The summed E-state index contributed by atoms with van der Waals surface area (Å²) in [6.45, 7) is 7.07. The molecule has 0 aromatic heterocycles. The van der Waals surface area contributed by atoms with E-state index in [1.807, 2.05) is 0 Å². The number of likely N-dealkylation sites (N-methyl/N-ethyl adjacent to an activating group) is 1. The van der Waals surface area contributed by atoms with Crippen molar-refractivity contribution >= 4 is 5.97 Å². The number of nitrogens with zero attached hydrogens (tertiary/aromatic N) is 1. The normalized spacial score (nSPS) is 20.3. The van der Waals surface area contributed by atoms with Crippen LogP contribution in [0.5, 0.6) is 0 Å². The topological polar surface area (TPSA) is 40.5 Å². The number of carboxylic acids is 1. The monoisotopic (exact) mass is 197 g/mol. The molecule has 1 aliphatic rings. The molecule has 3 nitrogen and oxygen atoms in total. The first-order valence-electron chi connectivity index (χ1n) is 5.26. The SMILES string of the molecule is CCN1CC=C(CC(C)C(=O)O)CC1. The summed E-state index contributed by atoms with van der Waals surface area (Å²) in [7, 11) is 0. The molecule has 0 radical (unpaired) electrons. The van der Waals surface area contributed by atoms with Crippen molar-refractivity contribution in [2.24, 2.45) is 5.92 Å². The summed E-state index contributed by atoms with van der Waals surface area (Å²) in [5.74, 6) is -0.932. The maximum atomic E-state index is 10.7. The maximum absolute atomic E-state index is 10.7. The zero-order valence-corrected chi connectivity index (χ0v) is 8.99. The Morgan fingerprint density at radius 1 is 1.71 bits per heavy atom. The van der Waals surface area contributed by atoms with E-state index in [9.17, 15) is 4.79 Å². The zero-order valence-electron chi connectivity index (χ0n) is 8.99. The van der Waals surface area contributed by atoms with Gasteiger partial charge < -0.3 is 5.11 Å². The van der Waals surface area contributed by atoms with Gasteiger partial charge in [0.1, 0.15) is 0 Å². The summed E-state index contributed by atoms with van der Waals surface area (Å²) >= 11 is 0. The lowest BCUT2D eigenvalue weighted by molar-refractivity contribution is -0.141. The second-order valence-corrected chi connectivity index (χ2v) is 3.95. The van der Waals surface area contributed by atoms with Gasteiger partial charge in [0.05, 0.1) is 5.92 Å². The molecule has 0 saturated heterocycles. The number of rotatable bonds is 4. The highest BCUT2D eigenvalue weighted by Crippen LogP contribution is 2.18. The van der Waals surface area contributed by atoms with Gasteiger partial charge in [0.25, 0.3) is 0 Å². The average Bonchev–Trinajstić information content (AvgIpc) is 2.19. The van der Waals surface area contributed by atoms with Crippen molar-refractivity contribution in [3.05, 3.63) is 11.6 Å². The summed E-state index contributed by atoms with van der Waals surface area (Å²) in [4.78, 5) is 13.0. The van der Waals surface area contributed by atoms with Crippen molar-refractivity contribution < 1.29 is 9.90 Å². The first-order chi connectivity index (χ1) is 6.63. The first-order valence-corrected chi connectivity index (χ1v) is 5.26. The van der Waals surface area contributed by atoms with Gasteiger partial charge in [0.2, 0.25) is 0 Å². The first kappa shape index (κ1) is 11.2. The smallest absolute Gasteiger partial charge is 0.306 e. The lowest BCUT2D eigenvalue weighted by atomic mass is 9.96. The Labute approximate surface area is 85.4 Å². The summed E-state index contributed by atoms with van der Waals surface area (Å²) < 4.78 is 0. The molecule has 0 bridgehead atoms. The fourth-order valence-corrected chi connectivity index (χ4v) is 1.71. The van der Waals surface area contributed by atoms with Crippen LogP contribution in [0, 0.1) is 5.92 Å². The number of aliphatic carboxylic acids is 1. The molecular weight excluding hydrogens is 178 g/mol. The molecule has 0 amide bonds. The van der Waals surface area contributed by atoms with Crippen molar-refractivity contribution in [2.75, 3.05) is 19.6 Å². The molecule has 0 saturated carbocycles. The van der Waals surface area contributed by atoms with Gasteiger partial charge in [-0.3, -0.25) is 9.69 Å². The van der Waals surface area contributed by atoms with Gasteiger partial charge in [0, 0.05) is 13.1 Å². The molecule has 14 heavy (non-hydrogen) atoms. The molecule has 0 spiro atoms. The highest BCUT2D eigenvalue weighted by atomic mass is 16.4. The Hall–Kier alpha value is -0.830. The number of carbonyl (C=O) groups is 1. The van der Waals surface area contributed by atoms with Crippen molar-refractivity contribution in [3.8, 4) is 0 Å². The molecular formula is C11H19NO2. The van der Waals surface area contributed by atoms with Crippen molar-refractivity contribution in [1.29, 1.82) is 0 Å². The minimum Gasteiger partial charge on any atom is -0.481 e. The second-order valence-electron chi connectivity index (χ2n) is 3.95. The molecule has 0 aromatic rings. The lowest BCUT2D eigenvalue weighted by Gasteiger charge is -2.25. The molecule has 1 unspecified atom stereocenters. The van der Waals surface area contributed by atoms with Gasteiger partial charge in [-0.2, -0.15) is 0 Å². The van der Waals surface area contributed by atoms with E-state index in [4.69, 9.17) is 5.11 Å². The predicted octanol–water partition coefficient (Wildman–Crippen LogP) is 1.75. The Morgan fingerprint density at radius 3 is 2.86 bits per heavy atom. The van der Waals surface area contributed by atoms with E-state index < -0.39 is 5.97 Å². The lowest BCUT2D eigenvalue weighted by Crippen LogP contribution is -2.29. The van der Waals surface area contributed by atoms with Crippen LogP contribution in [0.1, 0.15) is 26.7 Å². The minimum atomic E-state index is -0.691. The Bertz CT molecular complexity index is 235. The van der Waals surface area contributed by atoms with Crippen LogP contribution in [0.4, 0.5) is 0 Å². The van der Waals surface area contributed by atoms with Crippen molar-refractivity contribution in [2.45, 2.75) is 26.7 Å². The Kier molecular flexibility index (Phi) is 4.14. The number of hydrogen-bond donors (Lipinski definition) is 1. The van der Waals surface area contributed by atoms with Crippen LogP contribution in [-0.2, 0) is 4.79 Å². The summed E-state index contributed by atoms with van der Waals surface area (Å²) in [5, 5.41) is 8.77. The van der Waals surface area contributed by atoms with Gasteiger partial charge in [-0.05, 0) is 19.4 Å². The van der Waals surface area contributed by atoms with E-state index in [2.05, 4.69) is 17.9 Å².